The zero-order valence-electron chi connectivity index (χ0n) is 13.1. The number of aryl methyl sites for hydroxylation is 1. The van der Waals surface area contributed by atoms with Crippen molar-refractivity contribution < 1.29 is 0 Å². The van der Waals surface area contributed by atoms with Crippen molar-refractivity contribution in [1.82, 2.24) is 10.6 Å². The molecule has 1 aliphatic carbocycles. The van der Waals surface area contributed by atoms with Crippen LogP contribution >= 0.6 is 0 Å². The van der Waals surface area contributed by atoms with E-state index in [1.54, 1.807) is 0 Å². The van der Waals surface area contributed by atoms with Gasteiger partial charge in [0.05, 0.1) is 6.04 Å². The number of rotatable bonds is 5. The second-order valence-corrected chi connectivity index (χ2v) is 5.83. The van der Waals surface area contributed by atoms with Crippen LogP contribution in [0.25, 0.3) is 0 Å². The monoisotopic (exact) mass is 273 g/mol. The minimum atomic E-state index is 0.269. The summed E-state index contributed by atoms with van der Waals surface area (Å²) >= 11 is 0. The summed E-state index contributed by atoms with van der Waals surface area (Å²) in [4.78, 5) is 4.35. The van der Waals surface area contributed by atoms with Crippen LogP contribution < -0.4 is 10.6 Å². The summed E-state index contributed by atoms with van der Waals surface area (Å²) in [7, 11) is 1.84. The molecule has 0 aromatic heterocycles. The molecule has 2 N–H and O–H groups in total. The molecule has 3 nitrogen and oxygen atoms in total. The number of benzene rings is 1. The molecule has 3 heteroatoms. The van der Waals surface area contributed by atoms with E-state index in [4.69, 9.17) is 0 Å². The molecule has 0 aliphatic heterocycles. The summed E-state index contributed by atoms with van der Waals surface area (Å²) in [6.45, 7) is 6.59. The molecule has 0 bridgehead atoms. The molecule has 1 aromatic rings. The molecule has 2 rings (SSSR count). The van der Waals surface area contributed by atoms with Crippen molar-refractivity contribution >= 4 is 5.96 Å². The van der Waals surface area contributed by atoms with Crippen molar-refractivity contribution in [3.8, 4) is 0 Å². The third kappa shape index (κ3) is 3.75. The van der Waals surface area contributed by atoms with Crippen LogP contribution in [0.1, 0.15) is 50.3 Å². The van der Waals surface area contributed by atoms with Gasteiger partial charge in [-0.25, -0.2) is 0 Å². The molecule has 0 spiro atoms. The van der Waals surface area contributed by atoms with Gasteiger partial charge < -0.3 is 10.6 Å². The molecular formula is C17H27N3. The Morgan fingerprint density at radius 2 is 2.15 bits per heavy atom. The second-order valence-electron chi connectivity index (χ2n) is 5.83. The SMILES string of the molecule is CCCC1CC1NC(=NC)NC(C)c1ccccc1C. The summed E-state index contributed by atoms with van der Waals surface area (Å²) in [6, 6.07) is 9.39. The Morgan fingerprint density at radius 3 is 2.80 bits per heavy atom. The van der Waals surface area contributed by atoms with Gasteiger partial charge in [-0.15, -0.1) is 0 Å². The number of nitrogens with zero attached hydrogens (tertiary/aromatic N) is 1. The van der Waals surface area contributed by atoms with E-state index in [9.17, 15) is 0 Å². The van der Waals surface area contributed by atoms with E-state index >= 15 is 0 Å². The number of guanidine groups is 1. The van der Waals surface area contributed by atoms with Crippen molar-refractivity contribution in [1.29, 1.82) is 0 Å². The Balaban J connectivity index is 1.89. The van der Waals surface area contributed by atoms with Gasteiger partial charge >= 0.3 is 0 Å². The third-order valence-corrected chi connectivity index (χ3v) is 4.14. The quantitative estimate of drug-likeness (QED) is 0.637. The molecule has 0 saturated heterocycles. The van der Waals surface area contributed by atoms with Gasteiger partial charge in [-0.3, -0.25) is 4.99 Å². The van der Waals surface area contributed by atoms with Crippen LogP contribution in [-0.4, -0.2) is 19.0 Å². The zero-order valence-corrected chi connectivity index (χ0v) is 13.1. The minimum Gasteiger partial charge on any atom is -0.353 e. The first kappa shape index (κ1) is 14.9. The van der Waals surface area contributed by atoms with Gasteiger partial charge in [-0.1, -0.05) is 37.6 Å². The first-order valence-electron chi connectivity index (χ1n) is 7.71. The second kappa shape index (κ2) is 6.78. The summed E-state index contributed by atoms with van der Waals surface area (Å²) in [5.74, 6) is 1.76. The normalized spacial score (nSPS) is 23.3. The predicted octanol–water partition coefficient (Wildman–Crippen LogP) is 3.41. The van der Waals surface area contributed by atoms with Crippen molar-refractivity contribution in [2.24, 2.45) is 10.9 Å². The van der Waals surface area contributed by atoms with E-state index < -0.39 is 0 Å². The maximum atomic E-state index is 4.35. The van der Waals surface area contributed by atoms with Gasteiger partial charge in [0.15, 0.2) is 5.96 Å². The van der Waals surface area contributed by atoms with Crippen molar-refractivity contribution in [3.63, 3.8) is 0 Å². The van der Waals surface area contributed by atoms with Crippen LogP contribution in [-0.2, 0) is 0 Å². The highest BCUT2D eigenvalue weighted by Crippen LogP contribution is 2.34. The summed E-state index contributed by atoms with van der Waals surface area (Å²) in [5.41, 5.74) is 2.65. The fraction of sp³-hybridized carbons (Fsp3) is 0.588. The number of hydrogen-bond acceptors (Lipinski definition) is 1. The lowest BCUT2D eigenvalue weighted by atomic mass is 10.0. The molecule has 1 saturated carbocycles. The number of hydrogen-bond donors (Lipinski definition) is 2. The largest absolute Gasteiger partial charge is 0.353 e. The molecule has 1 fully saturated rings. The third-order valence-electron chi connectivity index (χ3n) is 4.14. The van der Waals surface area contributed by atoms with Crippen LogP contribution in [0.5, 0.6) is 0 Å². The maximum Gasteiger partial charge on any atom is 0.191 e. The molecule has 1 aliphatic rings. The Morgan fingerprint density at radius 1 is 1.40 bits per heavy atom. The van der Waals surface area contributed by atoms with Crippen LogP contribution in [0.15, 0.2) is 29.3 Å². The number of aliphatic imine (C=N–C) groups is 1. The molecule has 110 valence electrons. The standard InChI is InChI=1S/C17H27N3/c1-5-8-14-11-16(14)20-17(18-4)19-13(3)15-10-7-6-9-12(15)2/h6-7,9-10,13-14,16H,5,8,11H2,1-4H3,(H2,18,19,20). The molecule has 3 atom stereocenters. The first-order chi connectivity index (χ1) is 9.65. The van der Waals surface area contributed by atoms with Gasteiger partial charge in [0.1, 0.15) is 0 Å². The Hall–Kier alpha value is -1.51. The predicted molar refractivity (Wildman–Crippen MR) is 86.0 cm³/mol. The van der Waals surface area contributed by atoms with Gasteiger partial charge in [-0.2, -0.15) is 0 Å². The maximum absolute atomic E-state index is 4.35. The fourth-order valence-corrected chi connectivity index (χ4v) is 2.82. The fourth-order valence-electron chi connectivity index (χ4n) is 2.82. The van der Waals surface area contributed by atoms with E-state index in [1.807, 2.05) is 7.05 Å². The van der Waals surface area contributed by atoms with E-state index in [2.05, 4.69) is 60.7 Å². The van der Waals surface area contributed by atoms with Crippen molar-refractivity contribution in [3.05, 3.63) is 35.4 Å². The van der Waals surface area contributed by atoms with Crippen molar-refractivity contribution in [2.45, 2.75) is 52.1 Å². The van der Waals surface area contributed by atoms with Gasteiger partial charge in [0.2, 0.25) is 0 Å². The van der Waals surface area contributed by atoms with E-state index in [0.717, 1.165) is 11.9 Å². The average Bonchev–Trinajstić information content (AvgIpc) is 3.16. The topological polar surface area (TPSA) is 36.4 Å². The minimum absolute atomic E-state index is 0.269. The van der Waals surface area contributed by atoms with E-state index in [1.165, 1.54) is 30.4 Å². The summed E-state index contributed by atoms with van der Waals surface area (Å²) in [6.07, 6.45) is 3.88. The van der Waals surface area contributed by atoms with Crippen LogP contribution in [0, 0.1) is 12.8 Å². The molecular weight excluding hydrogens is 246 g/mol. The highest BCUT2D eigenvalue weighted by Gasteiger charge is 2.36. The number of nitrogens with one attached hydrogen (secondary N) is 2. The lowest BCUT2D eigenvalue weighted by Gasteiger charge is -2.20. The lowest BCUT2D eigenvalue weighted by Crippen LogP contribution is -2.40. The Bertz CT molecular complexity index is 467. The molecule has 20 heavy (non-hydrogen) atoms. The van der Waals surface area contributed by atoms with Crippen LogP contribution in [0.3, 0.4) is 0 Å². The highest BCUT2D eigenvalue weighted by molar-refractivity contribution is 5.80. The van der Waals surface area contributed by atoms with Crippen LogP contribution in [0.4, 0.5) is 0 Å². The van der Waals surface area contributed by atoms with Gasteiger partial charge in [0.25, 0.3) is 0 Å². The average molecular weight is 273 g/mol. The lowest BCUT2D eigenvalue weighted by molar-refractivity contribution is 0.638. The van der Waals surface area contributed by atoms with Gasteiger partial charge in [0, 0.05) is 13.1 Å². The van der Waals surface area contributed by atoms with E-state index in [0.29, 0.717) is 6.04 Å². The van der Waals surface area contributed by atoms with Crippen LogP contribution in [0.2, 0.25) is 0 Å². The molecule has 0 radical (unpaired) electrons. The smallest absolute Gasteiger partial charge is 0.191 e. The van der Waals surface area contributed by atoms with Crippen molar-refractivity contribution in [2.75, 3.05) is 7.05 Å². The Kier molecular flexibility index (Phi) is 5.05. The Labute approximate surface area is 122 Å². The van der Waals surface area contributed by atoms with E-state index in [-0.39, 0.29) is 6.04 Å². The molecule has 0 heterocycles. The summed E-state index contributed by atoms with van der Waals surface area (Å²) in [5, 5.41) is 7.03. The molecule has 3 unspecified atom stereocenters. The van der Waals surface area contributed by atoms with Gasteiger partial charge in [-0.05, 0) is 43.7 Å². The summed E-state index contributed by atoms with van der Waals surface area (Å²) < 4.78 is 0. The first-order valence-corrected chi connectivity index (χ1v) is 7.71. The molecule has 1 aromatic carbocycles. The molecule has 0 amide bonds. The zero-order chi connectivity index (χ0) is 14.5. The highest BCUT2D eigenvalue weighted by atomic mass is 15.2.